The summed E-state index contributed by atoms with van der Waals surface area (Å²) in [6.07, 6.45) is 0. The van der Waals surface area contributed by atoms with Crippen LogP contribution in [0.25, 0.3) is 0 Å². The van der Waals surface area contributed by atoms with Gasteiger partial charge >= 0.3 is 0 Å². The second-order valence-electron chi connectivity index (χ2n) is 5.45. The van der Waals surface area contributed by atoms with Crippen LogP contribution in [0.3, 0.4) is 0 Å². The standard InChI is InChI=1S/C18H23NO4S/c1-11-9-16(23-6)17(24-11)18(20)19(3)12(2)14-8-7-13(21-4)10-15(14)22-5/h7-10,12H,1-6H3/t12-/m0/s1. The first-order chi connectivity index (χ1) is 11.4. The minimum atomic E-state index is -0.162. The van der Waals surface area contributed by atoms with Crippen molar-refractivity contribution in [3.63, 3.8) is 0 Å². The van der Waals surface area contributed by atoms with E-state index in [9.17, 15) is 4.79 Å². The average Bonchev–Trinajstić information content (AvgIpc) is 2.99. The number of aryl methyl sites for hydroxylation is 1. The van der Waals surface area contributed by atoms with Gasteiger partial charge in [-0.05, 0) is 32.0 Å². The van der Waals surface area contributed by atoms with Crippen molar-refractivity contribution in [2.75, 3.05) is 28.4 Å². The summed E-state index contributed by atoms with van der Waals surface area (Å²) < 4.78 is 16.0. The van der Waals surface area contributed by atoms with Crippen LogP contribution in [0.5, 0.6) is 17.2 Å². The second kappa shape index (κ2) is 7.57. The van der Waals surface area contributed by atoms with Crippen molar-refractivity contribution in [1.29, 1.82) is 0 Å². The van der Waals surface area contributed by atoms with E-state index in [0.717, 1.165) is 10.4 Å². The van der Waals surface area contributed by atoms with Crippen LogP contribution in [0.15, 0.2) is 24.3 Å². The third-order valence-corrected chi connectivity index (χ3v) is 5.05. The lowest BCUT2D eigenvalue weighted by atomic mass is 10.1. The van der Waals surface area contributed by atoms with E-state index < -0.39 is 0 Å². The molecule has 0 radical (unpaired) electrons. The molecule has 130 valence electrons. The van der Waals surface area contributed by atoms with E-state index >= 15 is 0 Å². The predicted octanol–water partition coefficient (Wildman–Crippen LogP) is 3.92. The van der Waals surface area contributed by atoms with Crippen LogP contribution in [-0.2, 0) is 0 Å². The molecule has 0 aliphatic heterocycles. The summed E-state index contributed by atoms with van der Waals surface area (Å²) >= 11 is 1.44. The lowest BCUT2D eigenvalue weighted by Gasteiger charge is -2.26. The fraction of sp³-hybridized carbons (Fsp3) is 0.389. The van der Waals surface area contributed by atoms with Crippen molar-refractivity contribution in [2.24, 2.45) is 0 Å². The fourth-order valence-corrected chi connectivity index (χ4v) is 3.46. The van der Waals surface area contributed by atoms with Crippen LogP contribution < -0.4 is 14.2 Å². The van der Waals surface area contributed by atoms with Gasteiger partial charge in [0.1, 0.15) is 22.1 Å². The fourth-order valence-electron chi connectivity index (χ4n) is 2.50. The van der Waals surface area contributed by atoms with Crippen molar-refractivity contribution in [3.05, 3.63) is 39.6 Å². The summed E-state index contributed by atoms with van der Waals surface area (Å²) in [7, 11) is 6.58. The normalized spacial score (nSPS) is 11.8. The molecule has 24 heavy (non-hydrogen) atoms. The van der Waals surface area contributed by atoms with Gasteiger partial charge in [-0.25, -0.2) is 0 Å². The third-order valence-electron chi connectivity index (χ3n) is 4.03. The second-order valence-corrected chi connectivity index (χ2v) is 6.71. The molecule has 5 nitrogen and oxygen atoms in total. The van der Waals surface area contributed by atoms with Gasteiger partial charge in [0.2, 0.25) is 0 Å². The number of hydrogen-bond acceptors (Lipinski definition) is 5. The molecular formula is C18H23NO4S. The van der Waals surface area contributed by atoms with Gasteiger partial charge in [0, 0.05) is 23.6 Å². The first-order valence-corrected chi connectivity index (χ1v) is 8.38. The quantitative estimate of drug-likeness (QED) is 0.793. The van der Waals surface area contributed by atoms with E-state index in [1.807, 2.05) is 38.1 Å². The largest absolute Gasteiger partial charge is 0.497 e. The lowest BCUT2D eigenvalue weighted by molar-refractivity contribution is 0.0743. The maximum atomic E-state index is 12.9. The Morgan fingerprint density at radius 2 is 1.75 bits per heavy atom. The zero-order valence-electron chi connectivity index (χ0n) is 14.9. The van der Waals surface area contributed by atoms with Crippen LogP contribution in [0.2, 0.25) is 0 Å². The SMILES string of the molecule is COc1ccc([C@H](C)N(C)C(=O)c2sc(C)cc2OC)c(OC)c1. The van der Waals surface area contributed by atoms with Crippen LogP contribution >= 0.6 is 11.3 Å². The highest BCUT2D eigenvalue weighted by Gasteiger charge is 2.25. The van der Waals surface area contributed by atoms with Crippen LogP contribution in [0, 0.1) is 6.92 Å². The molecule has 0 saturated heterocycles. The molecule has 0 fully saturated rings. The highest BCUT2D eigenvalue weighted by Crippen LogP contribution is 2.35. The lowest BCUT2D eigenvalue weighted by Crippen LogP contribution is -2.29. The summed E-state index contributed by atoms with van der Waals surface area (Å²) in [5, 5.41) is 0. The molecule has 0 bridgehead atoms. The molecule has 0 unspecified atom stereocenters. The van der Waals surface area contributed by atoms with Gasteiger partial charge in [-0.3, -0.25) is 4.79 Å². The topological polar surface area (TPSA) is 48.0 Å². The summed E-state index contributed by atoms with van der Waals surface area (Å²) in [5.74, 6) is 1.95. The minimum Gasteiger partial charge on any atom is -0.497 e. The number of ether oxygens (including phenoxy) is 3. The molecule has 0 N–H and O–H groups in total. The average molecular weight is 349 g/mol. The van der Waals surface area contributed by atoms with Crippen LogP contribution in [0.1, 0.15) is 33.1 Å². The van der Waals surface area contributed by atoms with E-state index in [1.165, 1.54) is 11.3 Å². The summed E-state index contributed by atoms with van der Waals surface area (Å²) in [6.45, 7) is 3.93. The van der Waals surface area contributed by atoms with Crippen molar-refractivity contribution in [2.45, 2.75) is 19.9 Å². The minimum absolute atomic E-state index is 0.0738. The Bertz CT molecular complexity index is 726. The van der Waals surface area contributed by atoms with Gasteiger partial charge in [0.15, 0.2) is 0 Å². The molecular weight excluding hydrogens is 326 g/mol. The van der Waals surface area contributed by atoms with Gasteiger partial charge < -0.3 is 19.1 Å². The van der Waals surface area contributed by atoms with Crippen molar-refractivity contribution in [3.8, 4) is 17.2 Å². The zero-order valence-corrected chi connectivity index (χ0v) is 15.7. The summed E-state index contributed by atoms with van der Waals surface area (Å²) in [6, 6.07) is 7.32. The number of carbonyl (C=O) groups is 1. The molecule has 0 spiro atoms. The molecule has 2 aromatic rings. The van der Waals surface area contributed by atoms with E-state index in [4.69, 9.17) is 14.2 Å². The predicted molar refractivity (Wildman–Crippen MR) is 95.7 cm³/mol. The maximum Gasteiger partial charge on any atom is 0.268 e. The number of methoxy groups -OCH3 is 3. The number of carbonyl (C=O) groups excluding carboxylic acids is 1. The first-order valence-electron chi connectivity index (χ1n) is 7.56. The highest BCUT2D eigenvalue weighted by atomic mass is 32.1. The number of benzene rings is 1. The Morgan fingerprint density at radius 1 is 1.08 bits per heavy atom. The molecule has 6 heteroatoms. The molecule has 1 aromatic carbocycles. The van der Waals surface area contributed by atoms with Gasteiger partial charge in [-0.15, -0.1) is 11.3 Å². The molecule has 1 amide bonds. The van der Waals surface area contributed by atoms with Gasteiger partial charge in [-0.2, -0.15) is 0 Å². The van der Waals surface area contributed by atoms with Gasteiger partial charge in [-0.1, -0.05) is 0 Å². The van der Waals surface area contributed by atoms with E-state index in [0.29, 0.717) is 22.1 Å². The zero-order chi connectivity index (χ0) is 17.9. The number of rotatable bonds is 6. The number of nitrogens with zero attached hydrogens (tertiary/aromatic N) is 1. The molecule has 2 rings (SSSR count). The summed E-state index contributed by atoms with van der Waals surface area (Å²) in [5.41, 5.74) is 0.918. The van der Waals surface area contributed by atoms with Crippen molar-refractivity contribution < 1.29 is 19.0 Å². The number of thiophene rings is 1. The van der Waals surface area contributed by atoms with E-state index in [1.54, 1.807) is 33.3 Å². The van der Waals surface area contributed by atoms with Gasteiger partial charge in [0.05, 0.1) is 27.4 Å². The molecule has 1 heterocycles. The molecule has 1 aromatic heterocycles. The number of hydrogen-bond donors (Lipinski definition) is 0. The number of amides is 1. The van der Waals surface area contributed by atoms with Crippen LogP contribution in [0.4, 0.5) is 0 Å². The first kappa shape index (κ1) is 18.1. The van der Waals surface area contributed by atoms with Gasteiger partial charge in [0.25, 0.3) is 5.91 Å². The highest BCUT2D eigenvalue weighted by molar-refractivity contribution is 7.14. The Kier molecular flexibility index (Phi) is 5.72. The Labute approximate surface area is 146 Å². The Morgan fingerprint density at radius 3 is 2.33 bits per heavy atom. The Hall–Kier alpha value is -2.21. The third kappa shape index (κ3) is 3.48. The molecule has 0 aliphatic carbocycles. The smallest absolute Gasteiger partial charge is 0.268 e. The van der Waals surface area contributed by atoms with E-state index in [2.05, 4.69) is 0 Å². The van der Waals surface area contributed by atoms with Crippen LogP contribution in [-0.4, -0.2) is 39.2 Å². The molecule has 0 aliphatic rings. The van der Waals surface area contributed by atoms with Crippen molar-refractivity contribution >= 4 is 17.2 Å². The molecule has 1 atom stereocenters. The summed E-state index contributed by atoms with van der Waals surface area (Å²) in [4.78, 5) is 16.2. The monoisotopic (exact) mass is 349 g/mol. The Balaban J connectivity index is 2.31. The molecule has 0 saturated carbocycles. The maximum absolute atomic E-state index is 12.9. The van der Waals surface area contributed by atoms with Crippen molar-refractivity contribution in [1.82, 2.24) is 4.90 Å². The van der Waals surface area contributed by atoms with E-state index in [-0.39, 0.29) is 11.9 Å².